The molecule has 1 heterocycles. The first-order chi connectivity index (χ1) is 9.47. The second-order valence-corrected chi connectivity index (χ2v) is 6.81. The number of thiophene rings is 1. The zero-order valence-corrected chi connectivity index (χ0v) is 13.7. The van der Waals surface area contributed by atoms with Gasteiger partial charge in [0, 0.05) is 4.47 Å². The number of nitrogens with one attached hydrogen (secondary N) is 1. The van der Waals surface area contributed by atoms with Crippen LogP contribution in [0.3, 0.4) is 0 Å². The van der Waals surface area contributed by atoms with Gasteiger partial charge in [-0.05, 0) is 36.8 Å². The van der Waals surface area contributed by atoms with Crippen LogP contribution in [0.5, 0.6) is 0 Å². The topological polar surface area (TPSA) is 46.2 Å². The summed E-state index contributed by atoms with van der Waals surface area (Å²) in [6.07, 6.45) is 0. The number of benzene rings is 1. The van der Waals surface area contributed by atoms with E-state index in [1.165, 1.54) is 0 Å². The minimum atomic E-state index is -0.626. The molecule has 2 aromatic rings. The van der Waals surface area contributed by atoms with Gasteiger partial charge in [0.2, 0.25) is 0 Å². The molecule has 0 saturated heterocycles. The van der Waals surface area contributed by atoms with Gasteiger partial charge in [-0.1, -0.05) is 39.7 Å². The van der Waals surface area contributed by atoms with Gasteiger partial charge in [-0.25, -0.2) is 0 Å². The highest BCUT2D eigenvalue weighted by atomic mass is 79.9. The van der Waals surface area contributed by atoms with Crippen LogP contribution in [0.15, 0.2) is 40.9 Å². The van der Waals surface area contributed by atoms with Crippen LogP contribution in [0.2, 0.25) is 4.34 Å². The van der Waals surface area contributed by atoms with Crippen molar-refractivity contribution in [3.05, 3.63) is 55.6 Å². The van der Waals surface area contributed by atoms with Crippen molar-refractivity contribution in [1.29, 1.82) is 0 Å². The lowest BCUT2D eigenvalue weighted by Crippen LogP contribution is -2.32. The minimum absolute atomic E-state index is 0.241. The molecule has 1 N–H and O–H groups in total. The monoisotopic (exact) mass is 371 g/mol. The molecule has 1 atom stereocenters. The van der Waals surface area contributed by atoms with Crippen LogP contribution in [0, 0.1) is 0 Å². The fourth-order valence-corrected chi connectivity index (χ4v) is 2.89. The van der Waals surface area contributed by atoms with Crippen LogP contribution in [0.25, 0.3) is 0 Å². The van der Waals surface area contributed by atoms with Gasteiger partial charge < -0.3 is 5.32 Å². The number of rotatable bonds is 4. The van der Waals surface area contributed by atoms with Gasteiger partial charge in [0.1, 0.15) is 0 Å². The lowest BCUT2D eigenvalue weighted by atomic mass is 10.1. The summed E-state index contributed by atoms with van der Waals surface area (Å²) in [6, 6.07) is 10.5. The summed E-state index contributed by atoms with van der Waals surface area (Å²) in [5.41, 5.74) is 0.929. The third kappa shape index (κ3) is 3.69. The fraction of sp³-hybridized carbons (Fsp3) is 0.143. The molecule has 0 spiro atoms. The SMILES string of the molecule is C[C@@H](NC(=O)C(=O)c1ccc(Cl)s1)c1ccc(Br)cc1. The summed E-state index contributed by atoms with van der Waals surface area (Å²) in [7, 11) is 0. The molecular weight excluding hydrogens is 362 g/mol. The zero-order valence-electron chi connectivity index (χ0n) is 10.5. The highest BCUT2D eigenvalue weighted by molar-refractivity contribution is 9.10. The zero-order chi connectivity index (χ0) is 14.7. The molecule has 0 unspecified atom stereocenters. The van der Waals surface area contributed by atoms with Gasteiger partial charge in [0.05, 0.1) is 15.3 Å². The number of halogens is 2. The van der Waals surface area contributed by atoms with Crippen molar-refractivity contribution in [2.24, 2.45) is 0 Å². The van der Waals surface area contributed by atoms with Crippen LogP contribution in [-0.4, -0.2) is 11.7 Å². The molecular formula is C14H11BrClNO2S. The predicted octanol–water partition coefficient (Wildman–Crippen LogP) is 4.22. The Morgan fingerprint density at radius 2 is 1.85 bits per heavy atom. The quantitative estimate of drug-likeness (QED) is 0.645. The van der Waals surface area contributed by atoms with E-state index in [2.05, 4.69) is 21.2 Å². The van der Waals surface area contributed by atoms with Crippen molar-refractivity contribution >= 4 is 50.6 Å². The summed E-state index contributed by atoms with van der Waals surface area (Å²) in [6.45, 7) is 1.83. The maximum atomic E-state index is 11.9. The lowest BCUT2D eigenvalue weighted by Gasteiger charge is -2.13. The highest BCUT2D eigenvalue weighted by Crippen LogP contribution is 2.22. The third-order valence-corrected chi connectivity index (χ3v) is 4.48. The molecule has 0 bridgehead atoms. The first-order valence-corrected chi connectivity index (χ1v) is 7.82. The Labute approximate surface area is 134 Å². The molecule has 0 aliphatic carbocycles. The summed E-state index contributed by atoms with van der Waals surface area (Å²) in [4.78, 5) is 24.2. The molecule has 1 amide bonds. The number of carbonyl (C=O) groups excluding carboxylic acids is 2. The second kappa shape index (κ2) is 6.52. The van der Waals surface area contributed by atoms with E-state index >= 15 is 0 Å². The summed E-state index contributed by atoms with van der Waals surface area (Å²) in [5, 5.41) is 2.68. The van der Waals surface area contributed by atoms with Crippen molar-refractivity contribution in [1.82, 2.24) is 5.32 Å². The van der Waals surface area contributed by atoms with Crippen molar-refractivity contribution in [2.75, 3.05) is 0 Å². The highest BCUT2D eigenvalue weighted by Gasteiger charge is 2.20. The fourth-order valence-electron chi connectivity index (χ4n) is 1.65. The van der Waals surface area contributed by atoms with Gasteiger partial charge in [0.25, 0.3) is 11.7 Å². The maximum absolute atomic E-state index is 11.9. The van der Waals surface area contributed by atoms with Gasteiger partial charge in [-0.15, -0.1) is 11.3 Å². The van der Waals surface area contributed by atoms with E-state index < -0.39 is 11.7 Å². The van der Waals surface area contributed by atoms with Crippen molar-refractivity contribution < 1.29 is 9.59 Å². The average Bonchev–Trinajstić information content (AvgIpc) is 2.85. The lowest BCUT2D eigenvalue weighted by molar-refractivity contribution is -0.117. The molecule has 104 valence electrons. The van der Waals surface area contributed by atoms with E-state index in [1.54, 1.807) is 12.1 Å². The first kappa shape index (κ1) is 15.2. The third-order valence-electron chi connectivity index (χ3n) is 2.72. The number of hydrogen-bond donors (Lipinski definition) is 1. The number of ketones is 1. The minimum Gasteiger partial charge on any atom is -0.343 e. The molecule has 1 aromatic heterocycles. The first-order valence-electron chi connectivity index (χ1n) is 5.83. The Kier molecular flexibility index (Phi) is 4.96. The van der Waals surface area contributed by atoms with E-state index in [0.717, 1.165) is 21.4 Å². The van der Waals surface area contributed by atoms with E-state index in [-0.39, 0.29) is 6.04 Å². The van der Waals surface area contributed by atoms with Gasteiger partial charge in [0.15, 0.2) is 0 Å². The molecule has 2 rings (SSSR count). The van der Waals surface area contributed by atoms with Crippen LogP contribution >= 0.6 is 38.9 Å². The van der Waals surface area contributed by atoms with Crippen molar-refractivity contribution in [3.8, 4) is 0 Å². The van der Waals surface area contributed by atoms with Crippen LogP contribution in [0.4, 0.5) is 0 Å². The molecule has 1 aromatic carbocycles. The Balaban J connectivity index is 2.04. The normalized spacial score (nSPS) is 11.9. The van der Waals surface area contributed by atoms with Gasteiger partial charge >= 0.3 is 0 Å². The number of carbonyl (C=O) groups is 2. The van der Waals surface area contributed by atoms with Crippen molar-refractivity contribution in [3.63, 3.8) is 0 Å². The molecule has 0 fully saturated rings. The Bertz CT molecular complexity index is 639. The van der Waals surface area contributed by atoms with Crippen LogP contribution in [0.1, 0.15) is 28.2 Å². The van der Waals surface area contributed by atoms with Crippen LogP contribution in [-0.2, 0) is 4.79 Å². The molecule has 0 aliphatic rings. The molecule has 0 radical (unpaired) electrons. The molecule has 3 nitrogen and oxygen atoms in total. The number of hydrogen-bond acceptors (Lipinski definition) is 3. The van der Waals surface area contributed by atoms with E-state index in [4.69, 9.17) is 11.6 Å². The standard InChI is InChI=1S/C14H11BrClNO2S/c1-8(9-2-4-10(15)5-3-9)17-14(19)13(18)11-6-7-12(16)20-11/h2-8H,1H3,(H,17,19)/t8-/m1/s1. The second-order valence-electron chi connectivity index (χ2n) is 4.18. The summed E-state index contributed by atoms with van der Waals surface area (Å²) >= 11 is 10.2. The van der Waals surface area contributed by atoms with E-state index in [0.29, 0.717) is 9.21 Å². The smallest absolute Gasteiger partial charge is 0.293 e. The molecule has 20 heavy (non-hydrogen) atoms. The molecule has 6 heteroatoms. The summed E-state index contributed by atoms with van der Waals surface area (Å²) in [5.74, 6) is -1.19. The van der Waals surface area contributed by atoms with Crippen molar-refractivity contribution in [2.45, 2.75) is 13.0 Å². The Hall–Kier alpha value is -1.17. The van der Waals surface area contributed by atoms with Gasteiger partial charge in [-0.3, -0.25) is 9.59 Å². The van der Waals surface area contributed by atoms with E-state index in [9.17, 15) is 9.59 Å². The van der Waals surface area contributed by atoms with Gasteiger partial charge in [-0.2, -0.15) is 0 Å². The Morgan fingerprint density at radius 3 is 2.40 bits per heavy atom. The van der Waals surface area contributed by atoms with Crippen LogP contribution < -0.4 is 5.32 Å². The Morgan fingerprint density at radius 1 is 1.20 bits per heavy atom. The molecule has 0 aliphatic heterocycles. The summed E-state index contributed by atoms with van der Waals surface area (Å²) < 4.78 is 1.45. The largest absolute Gasteiger partial charge is 0.343 e. The maximum Gasteiger partial charge on any atom is 0.293 e. The number of amides is 1. The van der Waals surface area contributed by atoms with E-state index in [1.807, 2.05) is 31.2 Å². The molecule has 0 saturated carbocycles. The predicted molar refractivity (Wildman–Crippen MR) is 84.4 cm³/mol. The number of Topliss-reactive ketones (excluding diaryl/α,β-unsaturated/α-hetero) is 1. The average molecular weight is 373 g/mol.